The minimum absolute atomic E-state index is 0.205. The highest BCUT2D eigenvalue weighted by Crippen LogP contribution is 2.25. The van der Waals surface area contributed by atoms with Gasteiger partial charge in [-0.1, -0.05) is 0 Å². The number of nitrogens with one attached hydrogen (secondary N) is 1. The molecule has 32 heavy (non-hydrogen) atoms. The lowest BCUT2D eigenvalue weighted by molar-refractivity contribution is -0.129. The number of ether oxygens (including phenoxy) is 1. The maximum Gasteiger partial charge on any atom is 0.252 e. The SMILES string of the molecule is COC(C)(C)CN(C=O)c1ccc2nccc(C(=O)NCC(=O)N3CSCC3C#N)c2c1. The van der Waals surface area contributed by atoms with E-state index in [1.54, 1.807) is 31.4 Å². The Kier molecular flexibility index (Phi) is 7.33. The molecule has 9 nitrogen and oxygen atoms in total. The van der Waals surface area contributed by atoms with Crippen LogP contribution in [0.3, 0.4) is 0 Å². The number of anilines is 1. The average Bonchev–Trinajstić information content (AvgIpc) is 3.29. The molecule has 1 aromatic carbocycles. The average molecular weight is 456 g/mol. The molecule has 3 amide bonds. The summed E-state index contributed by atoms with van der Waals surface area (Å²) in [4.78, 5) is 44.3. The van der Waals surface area contributed by atoms with Crippen LogP contribution in [-0.4, -0.2) is 71.6 Å². The van der Waals surface area contributed by atoms with Crippen LogP contribution in [-0.2, 0) is 14.3 Å². The van der Waals surface area contributed by atoms with Gasteiger partial charge < -0.3 is 19.9 Å². The first-order valence-electron chi connectivity index (χ1n) is 10.0. The van der Waals surface area contributed by atoms with Crippen molar-refractivity contribution in [2.24, 2.45) is 0 Å². The fraction of sp³-hybridized carbons (Fsp3) is 0.409. The molecule has 2 heterocycles. The van der Waals surface area contributed by atoms with Crippen LogP contribution < -0.4 is 10.2 Å². The summed E-state index contributed by atoms with van der Waals surface area (Å²) < 4.78 is 5.42. The molecule has 1 fully saturated rings. The highest BCUT2D eigenvalue weighted by molar-refractivity contribution is 7.99. The molecule has 0 spiro atoms. The number of carbonyl (C=O) groups is 3. The number of benzene rings is 1. The summed E-state index contributed by atoms with van der Waals surface area (Å²) in [6.45, 7) is 3.86. The van der Waals surface area contributed by atoms with Crippen LogP contribution in [0.4, 0.5) is 5.69 Å². The van der Waals surface area contributed by atoms with Crippen molar-refractivity contribution in [3.05, 3.63) is 36.0 Å². The molecule has 168 valence electrons. The molecular weight excluding hydrogens is 430 g/mol. The molecule has 2 aromatic rings. The van der Waals surface area contributed by atoms with Gasteiger partial charge >= 0.3 is 0 Å². The summed E-state index contributed by atoms with van der Waals surface area (Å²) in [7, 11) is 1.58. The van der Waals surface area contributed by atoms with Gasteiger partial charge in [0.15, 0.2) is 0 Å². The number of pyridine rings is 1. The normalized spacial score (nSPS) is 15.9. The predicted octanol–water partition coefficient (Wildman–Crippen LogP) is 1.78. The minimum Gasteiger partial charge on any atom is -0.377 e. The molecule has 0 bridgehead atoms. The van der Waals surface area contributed by atoms with E-state index in [-0.39, 0.29) is 12.5 Å². The van der Waals surface area contributed by atoms with Gasteiger partial charge in [0.25, 0.3) is 5.91 Å². The Hall–Kier alpha value is -3.16. The van der Waals surface area contributed by atoms with Crippen molar-refractivity contribution in [2.75, 3.05) is 36.7 Å². The Morgan fingerprint density at radius 1 is 1.44 bits per heavy atom. The number of rotatable bonds is 8. The Morgan fingerprint density at radius 2 is 2.22 bits per heavy atom. The molecule has 0 aliphatic carbocycles. The smallest absolute Gasteiger partial charge is 0.252 e. The molecule has 1 aliphatic heterocycles. The Morgan fingerprint density at radius 3 is 2.91 bits per heavy atom. The van der Waals surface area contributed by atoms with Gasteiger partial charge in [-0.15, -0.1) is 11.8 Å². The lowest BCUT2D eigenvalue weighted by Gasteiger charge is -2.29. The third kappa shape index (κ3) is 5.18. The van der Waals surface area contributed by atoms with Crippen molar-refractivity contribution >= 4 is 46.6 Å². The van der Waals surface area contributed by atoms with Crippen molar-refractivity contribution in [1.82, 2.24) is 15.2 Å². The highest BCUT2D eigenvalue weighted by Gasteiger charge is 2.29. The van der Waals surface area contributed by atoms with Crippen LogP contribution in [0, 0.1) is 11.3 Å². The second-order valence-corrected chi connectivity index (χ2v) is 8.95. The maximum atomic E-state index is 12.9. The van der Waals surface area contributed by atoms with Crippen molar-refractivity contribution in [2.45, 2.75) is 25.5 Å². The van der Waals surface area contributed by atoms with Crippen LogP contribution in [0.2, 0.25) is 0 Å². The quantitative estimate of drug-likeness (QED) is 0.603. The van der Waals surface area contributed by atoms with E-state index < -0.39 is 17.6 Å². The summed E-state index contributed by atoms with van der Waals surface area (Å²) in [5.74, 6) is 0.274. The standard InChI is InChI=1S/C22H25N5O4S/c1-22(2,31-3)12-26(13-28)15-4-5-19-18(8-15)17(6-7-24-19)21(30)25-10-20(29)27-14-32-11-16(27)9-23/h4-8,13,16H,10-12,14H2,1-3H3,(H,25,30). The number of hydrogen-bond donors (Lipinski definition) is 1. The Labute approximate surface area is 190 Å². The van der Waals surface area contributed by atoms with Crippen LogP contribution >= 0.6 is 11.8 Å². The third-order valence-electron chi connectivity index (χ3n) is 5.28. The van der Waals surface area contributed by atoms with E-state index in [9.17, 15) is 14.4 Å². The van der Waals surface area contributed by atoms with Crippen LogP contribution in [0.1, 0.15) is 24.2 Å². The fourth-order valence-electron chi connectivity index (χ4n) is 3.32. The number of methoxy groups -OCH3 is 1. The third-order valence-corrected chi connectivity index (χ3v) is 6.30. The molecule has 1 N–H and O–H groups in total. The molecular formula is C22H25N5O4S. The molecule has 1 unspecified atom stereocenters. The van der Waals surface area contributed by atoms with Crippen molar-refractivity contribution in [3.63, 3.8) is 0 Å². The van der Waals surface area contributed by atoms with E-state index in [2.05, 4.69) is 16.4 Å². The van der Waals surface area contributed by atoms with E-state index in [4.69, 9.17) is 10.00 Å². The van der Waals surface area contributed by atoms with Gasteiger partial charge in [0.2, 0.25) is 12.3 Å². The molecule has 1 atom stereocenters. The number of carbonyl (C=O) groups excluding carboxylic acids is 3. The van der Waals surface area contributed by atoms with Crippen LogP contribution in [0.25, 0.3) is 10.9 Å². The van der Waals surface area contributed by atoms with Gasteiger partial charge in [-0.2, -0.15) is 5.26 Å². The largest absolute Gasteiger partial charge is 0.377 e. The Bertz CT molecular complexity index is 1070. The van der Waals surface area contributed by atoms with E-state index in [1.807, 2.05) is 13.8 Å². The lowest BCUT2D eigenvalue weighted by Crippen LogP contribution is -2.42. The second kappa shape index (κ2) is 9.97. The van der Waals surface area contributed by atoms with Gasteiger partial charge in [0.1, 0.15) is 6.04 Å². The summed E-state index contributed by atoms with van der Waals surface area (Å²) in [6, 6.07) is 8.42. The number of amides is 3. The molecule has 10 heteroatoms. The Balaban J connectivity index is 1.81. The lowest BCUT2D eigenvalue weighted by atomic mass is 10.1. The number of nitrogens with zero attached hydrogens (tertiary/aromatic N) is 4. The second-order valence-electron chi connectivity index (χ2n) is 7.95. The number of fused-ring (bicyclic) bond motifs is 1. The molecule has 1 aromatic heterocycles. The molecule has 0 radical (unpaired) electrons. The monoisotopic (exact) mass is 455 g/mol. The van der Waals surface area contributed by atoms with Gasteiger partial charge in [-0.3, -0.25) is 19.4 Å². The maximum absolute atomic E-state index is 12.9. The molecule has 1 aliphatic rings. The van der Waals surface area contributed by atoms with Crippen molar-refractivity contribution in [1.29, 1.82) is 5.26 Å². The predicted molar refractivity (Wildman–Crippen MR) is 122 cm³/mol. The number of aromatic nitrogens is 1. The van der Waals surface area contributed by atoms with E-state index in [0.29, 0.717) is 40.3 Å². The summed E-state index contributed by atoms with van der Waals surface area (Å²) >= 11 is 1.51. The summed E-state index contributed by atoms with van der Waals surface area (Å²) in [6.07, 6.45) is 2.24. The van der Waals surface area contributed by atoms with Gasteiger partial charge in [-0.25, -0.2) is 0 Å². The first-order valence-corrected chi connectivity index (χ1v) is 11.2. The first-order chi connectivity index (χ1) is 15.3. The number of hydrogen-bond acceptors (Lipinski definition) is 7. The number of thioether (sulfide) groups is 1. The first kappa shape index (κ1) is 23.5. The zero-order valence-corrected chi connectivity index (χ0v) is 19.0. The van der Waals surface area contributed by atoms with E-state index in [1.165, 1.54) is 27.8 Å². The zero-order valence-electron chi connectivity index (χ0n) is 18.2. The number of nitriles is 1. The highest BCUT2D eigenvalue weighted by atomic mass is 32.2. The van der Waals surface area contributed by atoms with Crippen LogP contribution in [0.5, 0.6) is 0 Å². The van der Waals surface area contributed by atoms with Crippen molar-refractivity contribution < 1.29 is 19.1 Å². The zero-order chi connectivity index (χ0) is 23.3. The molecule has 3 rings (SSSR count). The molecule has 0 saturated carbocycles. The minimum atomic E-state index is -0.555. The van der Waals surface area contributed by atoms with Crippen molar-refractivity contribution in [3.8, 4) is 6.07 Å². The fourth-order valence-corrected chi connectivity index (χ4v) is 4.43. The topological polar surface area (TPSA) is 116 Å². The van der Waals surface area contributed by atoms with Gasteiger partial charge in [0.05, 0.1) is 41.7 Å². The summed E-state index contributed by atoms with van der Waals surface area (Å²) in [5.41, 5.74) is 0.974. The van der Waals surface area contributed by atoms with E-state index in [0.717, 1.165) is 6.41 Å². The van der Waals surface area contributed by atoms with Crippen LogP contribution in [0.15, 0.2) is 30.5 Å². The molecule has 1 saturated heterocycles. The summed E-state index contributed by atoms with van der Waals surface area (Å²) in [5, 5.41) is 12.4. The van der Waals surface area contributed by atoms with Gasteiger partial charge in [0, 0.05) is 30.1 Å². The van der Waals surface area contributed by atoms with E-state index >= 15 is 0 Å². The van der Waals surface area contributed by atoms with Gasteiger partial charge in [-0.05, 0) is 38.1 Å².